The smallest absolute Gasteiger partial charge is 0.329 e. The molecule has 1 aliphatic heterocycles. The first kappa shape index (κ1) is 13.6. The van der Waals surface area contributed by atoms with Crippen molar-refractivity contribution in [1.29, 1.82) is 0 Å². The van der Waals surface area contributed by atoms with Gasteiger partial charge in [0, 0.05) is 18.5 Å². The monoisotopic (exact) mass is 267 g/mol. The van der Waals surface area contributed by atoms with Crippen molar-refractivity contribution < 1.29 is 19.5 Å². The number of allylic oxidation sites excluding steroid dienone is 1. The molecule has 19 heavy (non-hydrogen) atoms. The number of carbonyl (C=O) groups excluding carboxylic acids is 1. The molecule has 2 unspecified atom stereocenters. The van der Waals surface area contributed by atoms with E-state index in [-0.39, 0.29) is 5.82 Å². The fraction of sp³-hybridized carbons (Fsp3) is 0.500. The highest BCUT2D eigenvalue weighted by Crippen LogP contribution is 2.31. The molecule has 0 bridgehead atoms. The molecule has 1 aromatic heterocycles. The number of aliphatic hydroxyl groups excluding tert-OH is 2. The zero-order valence-corrected chi connectivity index (χ0v) is 11.1. The number of likely N-dealkylation sites (N-methyl/N-ethyl adjacent to an activating group) is 1. The summed E-state index contributed by atoms with van der Waals surface area (Å²) in [4.78, 5) is 13.9. The summed E-state index contributed by atoms with van der Waals surface area (Å²) in [5.74, 6) is 0.673. The largest absolute Gasteiger partial charge is 0.369 e. The summed E-state index contributed by atoms with van der Waals surface area (Å²) < 4.78 is 5.17. The van der Waals surface area contributed by atoms with Crippen LogP contribution < -0.4 is 4.90 Å². The normalized spacial score (nSPS) is 24.2. The van der Waals surface area contributed by atoms with Crippen molar-refractivity contribution in [3.05, 3.63) is 24.5 Å². The highest BCUT2D eigenvalue weighted by Gasteiger charge is 2.44. The molecule has 1 fully saturated rings. The van der Waals surface area contributed by atoms with Crippen molar-refractivity contribution in [2.75, 3.05) is 11.9 Å². The number of nitrogens with zero attached hydrogens (tertiary/aromatic N) is 3. The molecule has 1 aliphatic rings. The first-order valence-electron chi connectivity index (χ1n) is 5.82. The minimum absolute atomic E-state index is 0.158. The van der Waals surface area contributed by atoms with E-state index in [2.05, 4.69) is 11.7 Å². The standard InChI is InChI=1S/C12H17N3O4/c1-5-12(2,3)7-6-8(13-19-7)15-10(17)9(16)14(4)11(15)18/h5-6,9-10,16-17H,1H2,2-4H3. The molecule has 1 saturated heterocycles. The fourth-order valence-corrected chi connectivity index (χ4v) is 1.75. The van der Waals surface area contributed by atoms with E-state index >= 15 is 0 Å². The predicted molar refractivity (Wildman–Crippen MR) is 67.4 cm³/mol. The molecule has 0 aliphatic carbocycles. The molecule has 7 heteroatoms. The van der Waals surface area contributed by atoms with Crippen LogP contribution >= 0.6 is 0 Å². The van der Waals surface area contributed by atoms with Gasteiger partial charge in [0.05, 0.1) is 0 Å². The van der Waals surface area contributed by atoms with Crippen LogP contribution in [0.1, 0.15) is 19.6 Å². The van der Waals surface area contributed by atoms with Crippen molar-refractivity contribution in [3.63, 3.8) is 0 Å². The van der Waals surface area contributed by atoms with Gasteiger partial charge in [0.2, 0.25) is 0 Å². The number of rotatable bonds is 3. The van der Waals surface area contributed by atoms with Crippen LogP contribution in [0.15, 0.2) is 23.2 Å². The molecule has 2 rings (SSSR count). The van der Waals surface area contributed by atoms with Crippen LogP contribution in [-0.2, 0) is 5.41 Å². The lowest BCUT2D eigenvalue weighted by Crippen LogP contribution is -2.36. The lowest BCUT2D eigenvalue weighted by molar-refractivity contribution is -0.0184. The lowest BCUT2D eigenvalue weighted by atomic mass is 9.91. The van der Waals surface area contributed by atoms with Gasteiger partial charge in [0.15, 0.2) is 18.3 Å². The Morgan fingerprint density at radius 2 is 2.11 bits per heavy atom. The Morgan fingerprint density at radius 1 is 1.47 bits per heavy atom. The second-order valence-corrected chi connectivity index (χ2v) is 5.07. The number of carbonyl (C=O) groups is 1. The average molecular weight is 267 g/mol. The van der Waals surface area contributed by atoms with Crippen LogP contribution in [0.2, 0.25) is 0 Å². The van der Waals surface area contributed by atoms with Crippen molar-refractivity contribution in [2.45, 2.75) is 31.7 Å². The van der Waals surface area contributed by atoms with Crippen LogP contribution in [-0.4, -0.2) is 45.8 Å². The molecule has 0 saturated carbocycles. The van der Waals surface area contributed by atoms with Gasteiger partial charge in [-0.25, -0.2) is 9.69 Å². The maximum absolute atomic E-state index is 11.9. The molecule has 0 radical (unpaired) electrons. The van der Waals surface area contributed by atoms with Gasteiger partial charge in [0.1, 0.15) is 5.76 Å². The van der Waals surface area contributed by atoms with Gasteiger partial charge < -0.3 is 14.7 Å². The van der Waals surface area contributed by atoms with Crippen LogP contribution in [0.25, 0.3) is 0 Å². The molecule has 2 amide bonds. The minimum atomic E-state index is -1.37. The van der Waals surface area contributed by atoms with Crippen LogP contribution in [0.5, 0.6) is 0 Å². The van der Waals surface area contributed by atoms with Gasteiger partial charge in [-0.15, -0.1) is 6.58 Å². The van der Waals surface area contributed by atoms with Gasteiger partial charge in [-0.05, 0) is 13.8 Å². The molecule has 104 valence electrons. The summed E-state index contributed by atoms with van der Waals surface area (Å²) in [5.41, 5.74) is -0.441. The zero-order chi connectivity index (χ0) is 14.4. The molecular weight excluding hydrogens is 250 g/mol. The molecule has 1 aromatic rings. The van der Waals surface area contributed by atoms with Gasteiger partial charge >= 0.3 is 6.03 Å². The summed E-state index contributed by atoms with van der Waals surface area (Å²) in [6.07, 6.45) is -0.970. The highest BCUT2D eigenvalue weighted by atomic mass is 16.5. The third-order valence-electron chi connectivity index (χ3n) is 3.33. The number of urea groups is 1. The quantitative estimate of drug-likeness (QED) is 0.785. The number of amides is 2. The Morgan fingerprint density at radius 3 is 2.58 bits per heavy atom. The lowest BCUT2D eigenvalue weighted by Gasteiger charge is -2.16. The van der Waals surface area contributed by atoms with Crippen molar-refractivity contribution in [2.24, 2.45) is 0 Å². The van der Waals surface area contributed by atoms with Crippen molar-refractivity contribution >= 4 is 11.8 Å². The molecule has 2 atom stereocenters. The Kier molecular flexibility index (Phi) is 3.11. The Bertz CT molecular complexity index is 511. The Hall–Kier alpha value is -1.86. The Labute approximate surface area is 110 Å². The minimum Gasteiger partial charge on any atom is -0.369 e. The van der Waals surface area contributed by atoms with E-state index in [9.17, 15) is 15.0 Å². The Balaban J connectivity index is 2.34. The van der Waals surface area contributed by atoms with E-state index in [0.717, 1.165) is 9.80 Å². The number of aliphatic hydroxyl groups is 2. The average Bonchev–Trinajstić information content (AvgIpc) is 2.92. The second kappa shape index (κ2) is 4.36. The molecule has 0 aromatic carbocycles. The first-order valence-corrected chi connectivity index (χ1v) is 5.82. The fourth-order valence-electron chi connectivity index (χ4n) is 1.75. The molecule has 0 spiro atoms. The number of anilines is 1. The number of hydrogen-bond donors (Lipinski definition) is 2. The highest BCUT2D eigenvalue weighted by molar-refractivity contribution is 5.93. The summed E-state index contributed by atoms with van der Waals surface area (Å²) >= 11 is 0. The number of aromatic nitrogens is 1. The van der Waals surface area contributed by atoms with Crippen molar-refractivity contribution in [1.82, 2.24) is 10.1 Å². The zero-order valence-electron chi connectivity index (χ0n) is 11.1. The molecule has 7 nitrogen and oxygen atoms in total. The summed E-state index contributed by atoms with van der Waals surface area (Å²) in [6, 6.07) is 1.01. The summed E-state index contributed by atoms with van der Waals surface area (Å²) in [7, 11) is 1.39. The molecular formula is C12H17N3O4. The van der Waals surface area contributed by atoms with Crippen LogP contribution in [0.4, 0.5) is 10.6 Å². The van der Waals surface area contributed by atoms with Crippen LogP contribution in [0.3, 0.4) is 0 Å². The van der Waals surface area contributed by atoms with E-state index in [1.165, 1.54) is 7.05 Å². The van der Waals surface area contributed by atoms with E-state index in [1.54, 1.807) is 12.1 Å². The molecule has 2 N–H and O–H groups in total. The second-order valence-electron chi connectivity index (χ2n) is 5.07. The van der Waals surface area contributed by atoms with Gasteiger partial charge in [0.25, 0.3) is 0 Å². The first-order chi connectivity index (χ1) is 8.79. The van der Waals surface area contributed by atoms with E-state index in [0.29, 0.717) is 5.76 Å². The van der Waals surface area contributed by atoms with E-state index < -0.39 is 23.9 Å². The van der Waals surface area contributed by atoms with E-state index in [1.807, 2.05) is 13.8 Å². The van der Waals surface area contributed by atoms with Gasteiger partial charge in [-0.1, -0.05) is 11.2 Å². The van der Waals surface area contributed by atoms with Gasteiger partial charge in [-0.3, -0.25) is 4.90 Å². The molecule has 2 heterocycles. The summed E-state index contributed by atoms with van der Waals surface area (Å²) in [6.45, 7) is 7.47. The third-order valence-corrected chi connectivity index (χ3v) is 3.33. The topological polar surface area (TPSA) is 90.0 Å². The maximum Gasteiger partial charge on any atom is 0.329 e. The third kappa shape index (κ3) is 2.00. The van der Waals surface area contributed by atoms with Crippen molar-refractivity contribution in [3.8, 4) is 0 Å². The van der Waals surface area contributed by atoms with Crippen LogP contribution in [0, 0.1) is 0 Å². The van der Waals surface area contributed by atoms with E-state index in [4.69, 9.17) is 4.52 Å². The number of hydrogen-bond acceptors (Lipinski definition) is 5. The SMILES string of the molecule is C=CC(C)(C)c1cc(N2C(=O)N(C)C(O)C2O)no1. The maximum atomic E-state index is 11.9. The predicted octanol–water partition coefficient (Wildman–Crippen LogP) is 0.647. The van der Waals surface area contributed by atoms with Gasteiger partial charge in [-0.2, -0.15) is 0 Å². The summed E-state index contributed by atoms with van der Waals surface area (Å²) in [5, 5.41) is 23.2.